The van der Waals surface area contributed by atoms with Crippen molar-refractivity contribution in [3.8, 4) is 5.75 Å². The maximum absolute atomic E-state index is 12.8. The molecule has 1 aliphatic rings. The van der Waals surface area contributed by atoms with Gasteiger partial charge in [-0.3, -0.25) is 4.79 Å². The van der Waals surface area contributed by atoms with E-state index in [2.05, 4.69) is 25.2 Å². The molecule has 0 aliphatic carbocycles. The van der Waals surface area contributed by atoms with Crippen molar-refractivity contribution in [2.24, 2.45) is 0 Å². The van der Waals surface area contributed by atoms with Crippen molar-refractivity contribution < 1.29 is 27.2 Å². The van der Waals surface area contributed by atoms with Crippen LogP contribution in [0.15, 0.2) is 53.1 Å². The second-order valence-corrected chi connectivity index (χ2v) is 9.01. The number of benzene rings is 2. The summed E-state index contributed by atoms with van der Waals surface area (Å²) in [5.41, 5.74) is 2.88. The number of carbonyl (C=O) groups is 1. The van der Waals surface area contributed by atoms with Crippen molar-refractivity contribution in [2.75, 3.05) is 24.5 Å². The van der Waals surface area contributed by atoms with E-state index in [9.17, 15) is 18.0 Å². The van der Waals surface area contributed by atoms with Crippen LogP contribution < -0.4 is 15.0 Å². The van der Waals surface area contributed by atoms with Gasteiger partial charge >= 0.3 is 6.36 Å². The average molecular weight is 514 g/mol. The Bertz CT molecular complexity index is 1390. The van der Waals surface area contributed by atoms with Gasteiger partial charge < -0.3 is 24.5 Å². The Morgan fingerprint density at radius 2 is 1.89 bits per heavy atom. The lowest BCUT2D eigenvalue weighted by Crippen LogP contribution is -2.34. The zero-order valence-corrected chi connectivity index (χ0v) is 20.1. The summed E-state index contributed by atoms with van der Waals surface area (Å²) in [6.07, 6.45) is -3.10. The smallest absolute Gasteiger partial charge is 0.405 e. The number of amides is 1. The second kappa shape index (κ2) is 10.2. The summed E-state index contributed by atoms with van der Waals surface area (Å²) in [5.74, 6) is 0.413. The van der Waals surface area contributed by atoms with Crippen LogP contribution in [0.2, 0.25) is 0 Å². The number of anilines is 1. The Balaban J connectivity index is 1.14. The molecule has 5 rings (SSSR count). The predicted molar refractivity (Wildman–Crippen MR) is 131 cm³/mol. The zero-order valence-electron chi connectivity index (χ0n) is 20.1. The summed E-state index contributed by atoms with van der Waals surface area (Å²) >= 11 is 0. The third-order valence-electron chi connectivity index (χ3n) is 6.64. The van der Waals surface area contributed by atoms with E-state index in [-0.39, 0.29) is 17.6 Å². The van der Waals surface area contributed by atoms with Gasteiger partial charge in [-0.05, 0) is 54.1 Å². The molecule has 0 bridgehead atoms. The third kappa shape index (κ3) is 5.55. The molecule has 1 saturated heterocycles. The minimum absolute atomic E-state index is 0.0653. The van der Waals surface area contributed by atoms with Crippen molar-refractivity contribution in [1.82, 2.24) is 20.4 Å². The molecule has 1 amide bonds. The van der Waals surface area contributed by atoms with E-state index in [1.54, 1.807) is 12.1 Å². The molecular formula is C26H26F3N5O3. The number of H-pyrrole nitrogens is 1. The summed E-state index contributed by atoms with van der Waals surface area (Å²) in [4.78, 5) is 22.2. The number of hydrogen-bond acceptors (Lipinski definition) is 6. The number of nitrogens with one attached hydrogen (secondary N) is 2. The number of aromatic amines is 1. The number of hydrogen-bond donors (Lipinski definition) is 2. The fraction of sp³-hybridized carbons (Fsp3) is 0.346. The number of nitrogens with zero attached hydrogens (tertiary/aromatic N) is 3. The van der Waals surface area contributed by atoms with Crippen molar-refractivity contribution in [3.63, 3.8) is 0 Å². The van der Waals surface area contributed by atoms with Crippen molar-refractivity contribution in [3.05, 3.63) is 71.2 Å². The molecule has 37 heavy (non-hydrogen) atoms. The second-order valence-electron chi connectivity index (χ2n) is 9.01. The number of piperidine rings is 1. The highest BCUT2D eigenvalue weighted by Crippen LogP contribution is 2.37. The molecule has 2 N–H and O–H groups in total. The van der Waals surface area contributed by atoms with Gasteiger partial charge in [0.25, 0.3) is 11.9 Å². The monoisotopic (exact) mass is 513 g/mol. The van der Waals surface area contributed by atoms with E-state index in [1.807, 2.05) is 36.1 Å². The molecule has 3 heterocycles. The Hall–Kier alpha value is -4.02. The Morgan fingerprint density at radius 3 is 2.65 bits per heavy atom. The first kappa shape index (κ1) is 24.7. The summed E-state index contributed by atoms with van der Waals surface area (Å²) < 4.78 is 47.9. The zero-order chi connectivity index (χ0) is 26.0. The normalized spacial score (nSPS) is 14.8. The average Bonchev–Trinajstić information content (AvgIpc) is 3.48. The first-order valence-electron chi connectivity index (χ1n) is 12.1. The Labute approximate surface area is 210 Å². The fourth-order valence-electron chi connectivity index (χ4n) is 4.78. The molecular weight excluding hydrogens is 487 g/mol. The molecule has 4 aromatic rings. The van der Waals surface area contributed by atoms with Crippen LogP contribution >= 0.6 is 0 Å². The molecule has 1 aliphatic heterocycles. The number of fused-ring (bicyclic) bond motifs is 1. The predicted octanol–water partition coefficient (Wildman–Crippen LogP) is 5.11. The van der Waals surface area contributed by atoms with E-state index in [4.69, 9.17) is 4.52 Å². The quantitative estimate of drug-likeness (QED) is 0.356. The molecule has 1 fully saturated rings. The van der Waals surface area contributed by atoms with E-state index in [0.717, 1.165) is 16.5 Å². The van der Waals surface area contributed by atoms with Crippen molar-refractivity contribution >= 4 is 22.8 Å². The molecule has 194 valence electrons. The van der Waals surface area contributed by atoms with Crippen LogP contribution in [0.4, 0.5) is 19.1 Å². The first-order valence-corrected chi connectivity index (χ1v) is 12.1. The van der Waals surface area contributed by atoms with Gasteiger partial charge in [-0.15, -0.1) is 13.2 Å². The van der Waals surface area contributed by atoms with Crippen LogP contribution in [0.5, 0.6) is 5.75 Å². The largest absolute Gasteiger partial charge is 0.573 e. The number of rotatable bonds is 7. The van der Waals surface area contributed by atoms with Gasteiger partial charge in [0, 0.05) is 37.0 Å². The summed E-state index contributed by atoms with van der Waals surface area (Å²) in [6, 6.07) is 14.0. The lowest BCUT2D eigenvalue weighted by atomic mass is 9.89. The maximum Gasteiger partial charge on any atom is 0.573 e. The molecule has 0 unspecified atom stereocenters. The van der Waals surface area contributed by atoms with Gasteiger partial charge in [-0.25, -0.2) is 0 Å². The number of halogens is 3. The third-order valence-corrected chi connectivity index (χ3v) is 6.64. The number of aromatic nitrogens is 3. The Kier molecular flexibility index (Phi) is 6.77. The highest BCUT2D eigenvalue weighted by Gasteiger charge is 2.33. The highest BCUT2D eigenvalue weighted by atomic mass is 19.4. The number of para-hydroxylation sites is 2. The summed E-state index contributed by atoms with van der Waals surface area (Å²) in [6.45, 7) is 3.37. The van der Waals surface area contributed by atoms with Crippen LogP contribution in [-0.4, -0.2) is 47.0 Å². The molecule has 8 nitrogen and oxygen atoms in total. The first-order chi connectivity index (χ1) is 17.8. The standard InChI is InChI=1S/C26H26F3N5O3/c1-16-18-6-2-4-8-20(18)31-23(16)24(35)30-13-10-22-32-25(33-37-22)34-14-11-17(12-15-34)19-7-3-5-9-21(19)36-26(27,28)29/h2-9,17,31H,10-15H2,1H3,(H,30,35). The van der Waals surface area contributed by atoms with Crippen LogP contribution in [-0.2, 0) is 6.42 Å². The molecule has 2 aromatic carbocycles. The number of carbonyl (C=O) groups excluding carboxylic acids is 1. The lowest BCUT2D eigenvalue weighted by molar-refractivity contribution is -0.275. The number of alkyl halides is 3. The molecule has 11 heteroatoms. The van der Waals surface area contributed by atoms with Gasteiger partial charge in [0.15, 0.2) is 0 Å². The van der Waals surface area contributed by atoms with E-state index in [0.29, 0.717) is 62.0 Å². The van der Waals surface area contributed by atoms with Gasteiger partial charge in [0.1, 0.15) is 11.4 Å². The summed E-state index contributed by atoms with van der Waals surface area (Å²) in [5, 5.41) is 7.94. The molecule has 0 atom stereocenters. The topological polar surface area (TPSA) is 96.3 Å². The lowest BCUT2D eigenvalue weighted by Gasteiger charge is -2.31. The van der Waals surface area contributed by atoms with E-state index < -0.39 is 6.36 Å². The van der Waals surface area contributed by atoms with Crippen LogP contribution in [0.25, 0.3) is 10.9 Å². The molecule has 0 saturated carbocycles. The van der Waals surface area contributed by atoms with Gasteiger partial charge in [-0.1, -0.05) is 36.4 Å². The van der Waals surface area contributed by atoms with Crippen molar-refractivity contribution in [1.29, 1.82) is 0 Å². The molecule has 0 radical (unpaired) electrons. The fourth-order valence-corrected chi connectivity index (χ4v) is 4.78. The van der Waals surface area contributed by atoms with E-state index >= 15 is 0 Å². The van der Waals surface area contributed by atoms with Gasteiger partial charge in [0.2, 0.25) is 5.89 Å². The van der Waals surface area contributed by atoms with E-state index in [1.165, 1.54) is 12.1 Å². The van der Waals surface area contributed by atoms with Crippen molar-refractivity contribution in [2.45, 2.75) is 38.5 Å². The number of aryl methyl sites for hydroxylation is 1. The highest BCUT2D eigenvalue weighted by molar-refractivity contribution is 6.00. The summed E-state index contributed by atoms with van der Waals surface area (Å²) in [7, 11) is 0. The van der Waals surface area contributed by atoms with Crippen LogP contribution in [0.1, 0.15) is 46.3 Å². The molecule has 2 aromatic heterocycles. The minimum Gasteiger partial charge on any atom is -0.405 e. The van der Waals surface area contributed by atoms with Gasteiger partial charge in [-0.2, -0.15) is 4.98 Å². The van der Waals surface area contributed by atoms with Crippen LogP contribution in [0, 0.1) is 6.92 Å². The van der Waals surface area contributed by atoms with Gasteiger partial charge in [0.05, 0.1) is 0 Å². The van der Waals surface area contributed by atoms with Crippen LogP contribution in [0.3, 0.4) is 0 Å². The SMILES string of the molecule is Cc1c(C(=O)NCCc2nc(N3CCC(c4ccccc4OC(F)(F)F)CC3)no2)[nH]c2ccccc12. The molecule has 0 spiro atoms. The Morgan fingerprint density at radius 1 is 1.16 bits per heavy atom. The maximum atomic E-state index is 12.8. The minimum atomic E-state index is -4.73. The number of ether oxygens (including phenoxy) is 1.